The number of rotatable bonds is 8. The number of halogens is 1. The number of carbonyl (C=O) groups excluding carboxylic acids is 2. The molecule has 1 fully saturated rings. The van der Waals surface area contributed by atoms with E-state index in [4.69, 9.17) is 9.47 Å². The number of aliphatic hydroxyl groups is 1. The molecule has 1 saturated heterocycles. The smallest absolute Gasteiger partial charge is 0.301 e. The Labute approximate surface area is 237 Å². The predicted molar refractivity (Wildman–Crippen MR) is 157 cm³/mol. The van der Waals surface area contributed by atoms with Crippen LogP contribution >= 0.6 is 33.9 Å². The van der Waals surface area contributed by atoms with Gasteiger partial charge in [-0.2, -0.15) is 0 Å². The van der Waals surface area contributed by atoms with E-state index >= 15 is 0 Å². The van der Waals surface area contributed by atoms with Crippen molar-refractivity contribution in [3.8, 4) is 11.5 Å². The summed E-state index contributed by atoms with van der Waals surface area (Å²) in [6, 6.07) is 19.1. The van der Waals surface area contributed by atoms with Crippen LogP contribution in [-0.2, 0) is 9.59 Å². The molecule has 4 aromatic rings. The van der Waals surface area contributed by atoms with Crippen LogP contribution in [0.4, 0.5) is 5.13 Å². The van der Waals surface area contributed by atoms with Gasteiger partial charge in [0.05, 0.1) is 35.0 Å². The molecule has 0 saturated carbocycles. The third-order valence-electron chi connectivity index (χ3n) is 6.10. The highest BCUT2D eigenvalue weighted by atomic mass is 127. The summed E-state index contributed by atoms with van der Waals surface area (Å²) in [5, 5.41) is 11.7. The lowest BCUT2D eigenvalue weighted by molar-refractivity contribution is -0.132. The molecule has 194 valence electrons. The summed E-state index contributed by atoms with van der Waals surface area (Å²) >= 11 is 3.50. The first kappa shape index (κ1) is 26.2. The average molecular weight is 640 g/mol. The van der Waals surface area contributed by atoms with E-state index < -0.39 is 17.7 Å². The molecule has 0 spiro atoms. The molecular weight excluding hydrogens is 615 g/mol. The Balaban J connectivity index is 1.62. The topological polar surface area (TPSA) is 89.0 Å². The largest absolute Gasteiger partial charge is 0.507 e. The summed E-state index contributed by atoms with van der Waals surface area (Å²) in [6.07, 6.45) is 0.875. The van der Waals surface area contributed by atoms with Gasteiger partial charge in [-0.3, -0.25) is 14.5 Å². The SMILES string of the molecule is CCCOc1ccc(/C(O)=C2\C(=O)C(=O)N(c3nc4ccc(OCC)cc4s3)C2c2ccc(I)cc2)cc1. The number of Topliss-reactive ketones (excluding diaryl/α,β-unsaturated/α-hetero) is 1. The summed E-state index contributed by atoms with van der Waals surface area (Å²) in [5.74, 6) is -0.360. The van der Waals surface area contributed by atoms with Gasteiger partial charge in [0.15, 0.2) is 5.13 Å². The maximum absolute atomic E-state index is 13.5. The first-order valence-electron chi connectivity index (χ1n) is 12.2. The number of ether oxygens (including phenoxy) is 2. The van der Waals surface area contributed by atoms with E-state index in [0.29, 0.717) is 46.5 Å². The molecule has 5 rings (SSSR count). The van der Waals surface area contributed by atoms with Crippen LogP contribution in [0.2, 0.25) is 0 Å². The van der Waals surface area contributed by atoms with E-state index in [1.165, 1.54) is 16.2 Å². The second-order valence-electron chi connectivity index (χ2n) is 8.65. The van der Waals surface area contributed by atoms with Crippen molar-refractivity contribution >= 4 is 66.7 Å². The number of anilines is 1. The zero-order chi connectivity index (χ0) is 26.8. The lowest BCUT2D eigenvalue weighted by Gasteiger charge is -2.23. The van der Waals surface area contributed by atoms with Gasteiger partial charge in [0.25, 0.3) is 5.78 Å². The number of hydrogen-bond acceptors (Lipinski definition) is 7. The minimum Gasteiger partial charge on any atom is -0.507 e. The lowest BCUT2D eigenvalue weighted by Crippen LogP contribution is -2.29. The van der Waals surface area contributed by atoms with Crippen LogP contribution in [0.1, 0.15) is 37.4 Å². The van der Waals surface area contributed by atoms with Crippen molar-refractivity contribution in [1.82, 2.24) is 4.98 Å². The second kappa shape index (κ2) is 11.1. The quantitative estimate of drug-likeness (QED) is 0.0997. The number of hydrogen-bond donors (Lipinski definition) is 1. The van der Waals surface area contributed by atoms with Crippen LogP contribution in [0.25, 0.3) is 16.0 Å². The standard InChI is InChI=1S/C29H25IN2O5S/c1-3-15-37-20-11-7-18(8-12-20)26(33)24-25(17-5-9-19(30)10-6-17)32(28(35)27(24)34)29-31-22-14-13-21(36-4-2)16-23(22)38-29/h5-14,16,25,33H,3-4,15H2,1-2H3/b26-24+. The van der Waals surface area contributed by atoms with Crippen LogP contribution in [0.3, 0.4) is 0 Å². The third kappa shape index (κ3) is 5.00. The minimum atomic E-state index is -0.838. The molecule has 2 heterocycles. The maximum Gasteiger partial charge on any atom is 0.301 e. The molecule has 1 aliphatic heterocycles. The molecule has 38 heavy (non-hydrogen) atoms. The van der Waals surface area contributed by atoms with E-state index in [9.17, 15) is 14.7 Å². The Hall–Kier alpha value is -3.44. The van der Waals surface area contributed by atoms with Gasteiger partial charge in [-0.25, -0.2) is 4.98 Å². The van der Waals surface area contributed by atoms with Crippen molar-refractivity contribution in [1.29, 1.82) is 0 Å². The number of aliphatic hydroxyl groups excluding tert-OH is 1. The van der Waals surface area contributed by atoms with E-state index in [-0.39, 0.29) is 11.3 Å². The van der Waals surface area contributed by atoms with Gasteiger partial charge in [-0.05, 0) is 96.1 Å². The summed E-state index contributed by atoms with van der Waals surface area (Å²) in [5.41, 5.74) is 1.84. The van der Waals surface area contributed by atoms with Crippen molar-refractivity contribution in [2.75, 3.05) is 18.1 Å². The molecule has 0 radical (unpaired) electrons. The second-order valence-corrected chi connectivity index (χ2v) is 10.9. The normalized spacial score (nSPS) is 16.8. The molecule has 1 aliphatic rings. The van der Waals surface area contributed by atoms with Crippen LogP contribution in [0, 0.1) is 3.57 Å². The van der Waals surface area contributed by atoms with E-state index in [0.717, 1.165) is 14.7 Å². The number of carbonyl (C=O) groups is 2. The Kier molecular flexibility index (Phi) is 7.66. The molecule has 1 N–H and O–H groups in total. The molecule has 7 nitrogen and oxygen atoms in total. The molecule has 3 aromatic carbocycles. The van der Waals surface area contributed by atoms with Crippen LogP contribution in [0.5, 0.6) is 11.5 Å². The van der Waals surface area contributed by atoms with Gasteiger partial charge < -0.3 is 14.6 Å². The number of aromatic nitrogens is 1. The van der Waals surface area contributed by atoms with Gasteiger partial charge in [0.2, 0.25) is 0 Å². The Morgan fingerprint density at radius 2 is 1.71 bits per heavy atom. The summed E-state index contributed by atoms with van der Waals surface area (Å²) in [4.78, 5) is 33.0. The number of nitrogens with zero attached hydrogens (tertiary/aromatic N) is 2. The van der Waals surface area contributed by atoms with Gasteiger partial charge in [0, 0.05) is 9.13 Å². The van der Waals surface area contributed by atoms with Gasteiger partial charge in [-0.15, -0.1) is 0 Å². The molecule has 0 aliphatic carbocycles. The summed E-state index contributed by atoms with van der Waals surface area (Å²) < 4.78 is 13.1. The first-order valence-corrected chi connectivity index (χ1v) is 14.1. The van der Waals surface area contributed by atoms with Crippen LogP contribution in [-0.4, -0.2) is 35.0 Å². The molecule has 9 heteroatoms. The summed E-state index contributed by atoms with van der Waals surface area (Å²) in [7, 11) is 0. The number of thiazole rings is 1. The van der Waals surface area contributed by atoms with E-state index in [1.807, 2.05) is 56.3 Å². The highest BCUT2D eigenvalue weighted by Crippen LogP contribution is 2.44. The fraction of sp³-hybridized carbons (Fsp3) is 0.207. The monoisotopic (exact) mass is 640 g/mol. The number of ketones is 1. The molecule has 0 bridgehead atoms. The Morgan fingerprint density at radius 1 is 1.00 bits per heavy atom. The zero-order valence-corrected chi connectivity index (χ0v) is 23.8. The molecule has 1 atom stereocenters. The highest BCUT2D eigenvalue weighted by Gasteiger charge is 2.48. The van der Waals surface area contributed by atoms with Crippen molar-refractivity contribution in [3.63, 3.8) is 0 Å². The number of benzene rings is 3. The highest BCUT2D eigenvalue weighted by molar-refractivity contribution is 14.1. The lowest BCUT2D eigenvalue weighted by atomic mass is 9.95. The van der Waals surface area contributed by atoms with Crippen molar-refractivity contribution in [2.45, 2.75) is 26.3 Å². The fourth-order valence-corrected chi connectivity index (χ4v) is 5.71. The molecule has 1 aromatic heterocycles. The van der Waals surface area contributed by atoms with Gasteiger partial charge in [0.1, 0.15) is 17.3 Å². The maximum atomic E-state index is 13.5. The van der Waals surface area contributed by atoms with Gasteiger partial charge >= 0.3 is 5.91 Å². The molecule has 1 unspecified atom stereocenters. The van der Waals surface area contributed by atoms with Crippen molar-refractivity contribution in [3.05, 3.63) is 87.0 Å². The predicted octanol–water partition coefficient (Wildman–Crippen LogP) is 6.71. The Bertz CT molecular complexity index is 1530. The molecule has 1 amide bonds. The number of amides is 1. The summed E-state index contributed by atoms with van der Waals surface area (Å²) in [6.45, 7) is 5.05. The van der Waals surface area contributed by atoms with Crippen molar-refractivity contribution in [2.24, 2.45) is 0 Å². The van der Waals surface area contributed by atoms with E-state index in [2.05, 4.69) is 27.6 Å². The number of fused-ring (bicyclic) bond motifs is 1. The minimum absolute atomic E-state index is 0.0210. The molecular formula is C29H25IN2O5S. The average Bonchev–Trinajstić information content (AvgIpc) is 3.45. The van der Waals surface area contributed by atoms with Gasteiger partial charge in [-0.1, -0.05) is 30.4 Å². The first-order chi connectivity index (χ1) is 18.4. The Morgan fingerprint density at radius 3 is 2.39 bits per heavy atom. The van der Waals surface area contributed by atoms with Crippen molar-refractivity contribution < 1.29 is 24.2 Å². The fourth-order valence-electron chi connectivity index (χ4n) is 4.33. The van der Waals surface area contributed by atoms with E-state index in [1.54, 1.807) is 24.3 Å². The third-order valence-corrected chi connectivity index (χ3v) is 7.83. The van der Waals surface area contributed by atoms with Crippen LogP contribution < -0.4 is 14.4 Å². The zero-order valence-electron chi connectivity index (χ0n) is 20.8. The van der Waals surface area contributed by atoms with Crippen LogP contribution in [0.15, 0.2) is 72.3 Å².